The first-order valence-electron chi connectivity index (χ1n) is 6.12. The third-order valence-electron chi connectivity index (χ3n) is 3.38. The molecule has 3 rings (SSSR count). The minimum Gasteiger partial charge on any atom is -0.331 e. The first-order chi connectivity index (χ1) is 9.08. The van der Waals surface area contributed by atoms with Gasteiger partial charge in [-0.05, 0) is 43.8 Å². The van der Waals surface area contributed by atoms with Crippen LogP contribution in [0.4, 0.5) is 0 Å². The monoisotopic (exact) mass is 273 g/mol. The summed E-state index contributed by atoms with van der Waals surface area (Å²) in [4.78, 5) is 3.24. The Morgan fingerprint density at radius 3 is 2.84 bits per heavy atom. The second-order valence-electron chi connectivity index (χ2n) is 4.80. The fraction of sp³-hybridized carbons (Fsp3) is 0.308. The molecule has 0 bridgehead atoms. The predicted octanol–water partition coefficient (Wildman–Crippen LogP) is 2.75. The normalized spacial score (nSPS) is 13.0. The molecule has 0 aliphatic carbocycles. The van der Waals surface area contributed by atoms with E-state index in [1.165, 1.54) is 5.56 Å². The zero-order valence-electron chi connectivity index (χ0n) is 11.1. The van der Waals surface area contributed by atoms with E-state index in [1.54, 1.807) is 6.33 Å². The van der Waals surface area contributed by atoms with Gasteiger partial charge in [-0.15, -0.1) is 10.2 Å². The molecule has 0 aliphatic rings. The average Bonchev–Trinajstić information content (AvgIpc) is 2.91. The minimum atomic E-state index is 0.0375. The number of aryl methyl sites for hydroxylation is 2. The molecule has 2 heterocycles. The van der Waals surface area contributed by atoms with Gasteiger partial charge in [0.05, 0.1) is 17.1 Å². The van der Waals surface area contributed by atoms with E-state index in [1.807, 2.05) is 11.6 Å². The Hall–Kier alpha value is -1.95. The van der Waals surface area contributed by atoms with Gasteiger partial charge in [0, 0.05) is 7.05 Å². The smallest absolute Gasteiger partial charge is 0.178 e. The Kier molecular flexibility index (Phi) is 2.74. The summed E-state index contributed by atoms with van der Waals surface area (Å²) < 4.78 is 4.71. The lowest BCUT2D eigenvalue weighted by Crippen LogP contribution is -2.12. The van der Waals surface area contributed by atoms with Crippen LogP contribution in [0.3, 0.4) is 0 Å². The summed E-state index contributed by atoms with van der Waals surface area (Å²) in [6, 6.07) is 6.30. The molecule has 0 aliphatic heterocycles. The van der Waals surface area contributed by atoms with Gasteiger partial charge in [0.2, 0.25) is 0 Å². The van der Waals surface area contributed by atoms with E-state index in [-0.39, 0.29) is 6.04 Å². The minimum absolute atomic E-state index is 0.0375. The summed E-state index contributed by atoms with van der Waals surface area (Å²) in [5.74, 6) is 0.888. The molecule has 1 N–H and O–H groups in total. The van der Waals surface area contributed by atoms with Gasteiger partial charge in [0.1, 0.15) is 6.33 Å². The topological polar surface area (TPSA) is 51.4 Å². The molecule has 0 saturated heterocycles. The molecule has 0 spiro atoms. The van der Waals surface area contributed by atoms with Gasteiger partial charge in [-0.25, -0.2) is 0 Å². The summed E-state index contributed by atoms with van der Waals surface area (Å²) >= 11 is 5.44. The maximum atomic E-state index is 5.44. The van der Waals surface area contributed by atoms with Crippen LogP contribution in [0, 0.1) is 11.7 Å². The molecule has 1 atom stereocenters. The van der Waals surface area contributed by atoms with Crippen molar-refractivity contribution >= 4 is 23.3 Å². The van der Waals surface area contributed by atoms with Gasteiger partial charge in [0.15, 0.2) is 10.6 Å². The lowest BCUT2D eigenvalue weighted by atomic mass is 10.2. The highest BCUT2D eigenvalue weighted by Crippen LogP contribution is 2.23. The highest BCUT2D eigenvalue weighted by atomic mass is 32.1. The van der Waals surface area contributed by atoms with E-state index in [2.05, 4.69) is 51.8 Å². The second-order valence-corrected chi connectivity index (χ2v) is 5.18. The molecular formula is C13H15N5S. The fourth-order valence-electron chi connectivity index (χ4n) is 2.40. The molecule has 6 heteroatoms. The number of hydrogen-bond donors (Lipinski definition) is 1. The SMILES string of the molecule is Cc1ccc2[nH]c(=S)n(C(C)c3nncn3C)c2c1. The highest BCUT2D eigenvalue weighted by Gasteiger charge is 2.17. The molecule has 0 fully saturated rings. The van der Waals surface area contributed by atoms with Gasteiger partial charge in [0.25, 0.3) is 0 Å². The molecule has 0 saturated carbocycles. The molecule has 0 radical (unpaired) electrons. The fourth-order valence-corrected chi connectivity index (χ4v) is 2.77. The number of fused-ring (bicyclic) bond motifs is 1. The number of hydrogen-bond acceptors (Lipinski definition) is 3. The molecular weight excluding hydrogens is 258 g/mol. The van der Waals surface area contributed by atoms with Crippen LogP contribution in [-0.2, 0) is 7.05 Å². The number of aromatic amines is 1. The maximum absolute atomic E-state index is 5.44. The molecule has 3 aromatic rings. The van der Waals surface area contributed by atoms with Crippen molar-refractivity contribution in [3.63, 3.8) is 0 Å². The standard InChI is InChI=1S/C13H15N5S/c1-8-4-5-10-11(6-8)18(13(19)15-10)9(2)12-16-14-7-17(12)3/h4-7,9H,1-3H3,(H,15,19). The van der Waals surface area contributed by atoms with Crippen LogP contribution in [0.25, 0.3) is 11.0 Å². The van der Waals surface area contributed by atoms with Crippen molar-refractivity contribution in [1.29, 1.82) is 0 Å². The van der Waals surface area contributed by atoms with Crippen LogP contribution in [-0.4, -0.2) is 24.3 Å². The van der Waals surface area contributed by atoms with E-state index in [9.17, 15) is 0 Å². The van der Waals surface area contributed by atoms with Crippen LogP contribution in [0.2, 0.25) is 0 Å². The first kappa shape index (κ1) is 12.1. The zero-order valence-corrected chi connectivity index (χ0v) is 11.9. The quantitative estimate of drug-likeness (QED) is 0.730. The molecule has 1 unspecified atom stereocenters. The van der Waals surface area contributed by atoms with Crippen LogP contribution >= 0.6 is 12.2 Å². The number of nitrogens with zero attached hydrogens (tertiary/aromatic N) is 4. The molecule has 98 valence electrons. The zero-order chi connectivity index (χ0) is 13.6. The summed E-state index contributed by atoms with van der Waals surface area (Å²) in [6.07, 6.45) is 1.70. The van der Waals surface area contributed by atoms with E-state index in [4.69, 9.17) is 12.2 Å². The van der Waals surface area contributed by atoms with Crippen molar-refractivity contribution in [2.45, 2.75) is 19.9 Å². The van der Waals surface area contributed by atoms with Gasteiger partial charge >= 0.3 is 0 Å². The molecule has 2 aromatic heterocycles. The number of imidazole rings is 1. The summed E-state index contributed by atoms with van der Waals surface area (Å²) in [5, 5.41) is 8.11. The van der Waals surface area contributed by atoms with E-state index in [0.29, 0.717) is 4.77 Å². The number of H-pyrrole nitrogens is 1. The Labute approximate surface area is 115 Å². The van der Waals surface area contributed by atoms with Crippen LogP contribution < -0.4 is 0 Å². The molecule has 1 aromatic carbocycles. The Morgan fingerprint density at radius 2 is 2.16 bits per heavy atom. The summed E-state index contributed by atoms with van der Waals surface area (Å²) in [5.41, 5.74) is 3.35. The second kappa shape index (κ2) is 4.31. The van der Waals surface area contributed by atoms with Crippen molar-refractivity contribution < 1.29 is 0 Å². The van der Waals surface area contributed by atoms with E-state index in [0.717, 1.165) is 16.9 Å². The lowest BCUT2D eigenvalue weighted by molar-refractivity contribution is 0.581. The third kappa shape index (κ3) is 1.88. The van der Waals surface area contributed by atoms with E-state index < -0.39 is 0 Å². The maximum Gasteiger partial charge on any atom is 0.178 e. The van der Waals surface area contributed by atoms with Gasteiger partial charge in [-0.3, -0.25) is 0 Å². The molecule has 0 amide bonds. The third-order valence-corrected chi connectivity index (χ3v) is 3.68. The largest absolute Gasteiger partial charge is 0.331 e. The van der Waals surface area contributed by atoms with E-state index >= 15 is 0 Å². The summed E-state index contributed by atoms with van der Waals surface area (Å²) in [7, 11) is 1.94. The van der Waals surface area contributed by atoms with Crippen LogP contribution in [0.1, 0.15) is 24.4 Å². The van der Waals surface area contributed by atoms with Crippen molar-refractivity contribution in [2.75, 3.05) is 0 Å². The lowest BCUT2D eigenvalue weighted by Gasteiger charge is -2.13. The van der Waals surface area contributed by atoms with Crippen LogP contribution in [0.15, 0.2) is 24.5 Å². The Balaban J connectivity index is 2.25. The molecule has 5 nitrogen and oxygen atoms in total. The first-order valence-corrected chi connectivity index (χ1v) is 6.53. The number of rotatable bonds is 2. The number of nitrogens with one attached hydrogen (secondary N) is 1. The van der Waals surface area contributed by atoms with Gasteiger partial charge in [-0.2, -0.15) is 0 Å². The Bertz CT molecular complexity index is 795. The van der Waals surface area contributed by atoms with Crippen molar-refractivity contribution in [1.82, 2.24) is 24.3 Å². The van der Waals surface area contributed by atoms with Gasteiger partial charge < -0.3 is 14.1 Å². The number of aromatic nitrogens is 5. The molecule has 19 heavy (non-hydrogen) atoms. The number of benzene rings is 1. The van der Waals surface area contributed by atoms with Crippen molar-refractivity contribution in [3.05, 3.63) is 40.7 Å². The van der Waals surface area contributed by atoms with Crippen LogP contribution in [0.5, 0.6) is 0 Å². The van der Waals surface area contributed by atoms with Crippen molar-refractivity contribution in [3.8, 4) is 0 Å². The van der Waals surface area contributed by atoms with Crippen molar-refractivity contribution in [2.24, 2.45) is 7.05 Å². The van der Waals surface area contributed by atoms with Gasteiger partial charge in [-0.1, -0.05) is 6.07 Å². The predicted molar refractivity (Wildman–Crippen MR) is 76.7 cm³/mol. The highest BCUT2D eigenvalue weighted by molar-refractivity contribution is 7.71. The summed E-state index contributed by atoms with van der Waals surface area (Å²) in [6.45, 7) is 4.16. The average molecular weight is 273 g/mol. The Morgan fingerprint density at radius 1 is 1.37 bits per heavy atom.